The molecule has 0 saturated heterocycles. The Hall–Kier alpha value is -2.66. The Labute approximate surface area is 170 Å². The molecule has 0 spiro atoms. The Morgan fingerprint density at radius 1 is 1.07 bits per heavy atom. The van der Waals surface area contributed by atoms with E-state index >= 15 is 0 Å². The van der Waals surface area contributed by atoms with Gasteiger partial charge in [-0.3, -0.25) is 9.78 Å². The van der Waals surface area contributed by atoms with Gasteiger partial charge in [-0.15, -0.1) is 0 Å². The molecule has 0 fully saturated rings. The van der Waals surface area contributed by atoms with Crippen molar-refractivity contribution in [1.29, 1.82) is 0 Å². The molecule has 5 heteroatoms. The first-order valence-corrected chi connectivity index (χ1v) is 10.3. The molecule has 3 rings (SSSR count). The van der Waals surface area contributed by atoms with Gasteiger partial charge in [0.2, 0.25) is 0 Å². The largest absolute Gasteiger partial charge is 0.484 e. The van der Waals surface area contributed by atoms with Crippen molar-refractivity contribution in [3.63, 3.8) is 0 Å². The zero-order valence-corrected chi connectivity index (χ0v) is 17.4. The molecular formula is C23H26N2O2S. The van der Waals surface area contributed by atoms with Crippen LogP contribution in [0.4, 0.5) is 0 Å². The average Bonchev–Trinajstić information content (AvgIpc) is 3.19. The van der Waals surface area contributed by atoms with E-state index in [0.717, 1.165) is 11.3 Å². The van der Waals surface area contributed by atoms with Crippen LogP contribution in [-0.2, 0) is 23.3 Å². The van der Waals surface area contributed by atoms with E-state index < -0.39 is 0 Å². The fraction of sp³-hybridized carbons (Fsp3) is 0.304. The van der Waals surface area contributed by atoms with Crippen LogP contribution in [0.1, 0.15) is 37.6 Å². The fourth-order valence-corrected chi connectivity index (χ4v) is 3.47. The minimum atomic E-state index is -0.0586. The smallest absolute Gasteiger partial charge is 0.261 e. The van der Waals surface area contributed by atoms with Gasteiger partial charge in [0.1, 0.15) is 5.75 Å². The lowest BCUT2D eigenvalue weighted by Crippen LogP contribution is -2.34. The molecule has 0 saturated carbocycles. The van der Waals surface area contributed by atoms with E-state index in [-0.39, 0.29) is 17.9 Å². The van der Waals surface area contributed by atoms with E-state index in [1.54, 1.807) is 22.4 Å². The molecule has 0 atom stereocenters. The van der Waals surface area contributed by atoms with Crippen LogP contribution in [0, 0.1) is 0 Å². The first-order valence-electron chi connectivity index (χ1n) is 9.34. The monoisotopic (exact) mass is 394 g/mol. The Morgan fingerprint density at radius 3 is 2.46 bits per heavy atom. The SMILES string of the molecule is CC(C)(C)c1ccc(OCC(=O)N(Cc2ccsc2)Cc2ccccn2)cc1. The highest BCUT2D eigenvalue weighted by molar-refractivity contribution is 7.07. The number of nitrogens with zero attached hydrogens (tertiary/aromatic N) is 2. The minimum absolute atomic E-state index is 0.00579. The molecule has 0 bridgehead atoms. The van der Waals surface area contributed by atoms with Crippen molar-refractivity contribution in [3.8, 4) is 5.75 Å². The third-order valence-corrected chi connectivity index (χ3v) is 5.20. The number of thiophene rings is 1. The summed E-state index contributed by atoms with van der Waals surface area (Å²) in [5, 5.41) is 4.08. The number of hydrogen-bond acceptors (Lipinski definition) is 4. The van der Waals surface area contributed by atoms with E-state index in [9.17, 15) is 4.79 Å². The first-order chi connectivity index (χ1) is 13.4. The molecule has 146 valence electrons. The standard InChI is InChI=1S/C23H26N2O2S/c1-23(2,3)19-7-9-21(10-8-19)27-16-22(26)25(14-18-11-13-28-17-18)15-20-6-4-5-12-24-20/h4-13,17H,14-16H2,1-3H3. The quantitative estimate of drug-likeness (QED) is 0.563. The van der Waals surface area contributed by atoms with Gasteiger partial charge in [0.25, 0.3) is 5.91 Å². The van der Waals surface area contributed by atoms with E-state index in [2.05, 4.69) is 43.3 Å². The number of aromatic nitrogens is 1. The van der Waals surface area contributed by atoms with Gasteiger partial charge < -0.3 is 9.64 Å². The summed E-state index contributed by atoms with van der Waals surface area (Å²) in [7, 11) is 0. The van der Waals surface area contributed by atoms with E-state index in [4.69, 9.17) is 4.74 Å². The number of benzene rings is 1. The van der Waals surface area contributed by atoms with Crippen LogP contribution in [0.2, 0.25) is 0 Å². The highest BCUT2D eigenvalue weighted by Gasteiger charge is 2.17. The first kappa shape index (κ1) is 20.1. The van der Waals surface area contributed by atoms with Gasteiger partial charge in [-0.1, -0.05) is 39.0 Å². The van der Waals surface area contributed by atoms with Gasteiger partial charge in [0, 0.05) is 12.7 Å². The molecule has 3 aromatic rings. The third kappa shape index (κ3) is 5.67. The van der Waals surface area contributed by atoms with Gasteiger partial charge in [0.15, 0.2) is 6.61 Å². The Balaban J connectivity index is 1.65. The molecule has 0 aliphatic rings. The lowest BCUT2D eigenvalue weighted by Gasteiger charge is -2.22. The highest BCUT2D eigenvalue weighted by atomic mass is 32.1. The molecule has 2 aromatic heterocycles. The average molecular weight is 395 g/mol. The van der Waals surface area contributed by atoms with E-state index in [1.807, 2.05) is 41.8 Å². The number of rotatable bonds is 7. The van der Waals surface area contributed by atoms with Crippen LogP contribution in [0.5, 0.6) is 5.75 Å². The molecule has 28 heavy (non-hydrogen) atoms. The van der Waals surface area contributed by atoms with Gasteiger partial charge in [-0.2, -0.15) is 11.3 Å². The van der Waals surface area contributed by atoms with Gasteiger partial charge in [-0.25, -0.2) is 0 Å². The summed E-state index contributed by atoms with van der Waals surface area (Å²) in [6.07, 6.45) is 1.75. The van der Waals surface area contributed by atoms with Crippen molar-refractivity contribution in [2.24, 2.45) is 0 Å². The number of pyridine rings is 1. The lowest BCUT2D eigenvalue weighted by molar-refractivity contribution is -0.134. The molecule has 0 aliphatic carbocycles. The third-order valence-electron chi connectivity index (χ3n) is 4.47. The molecule has 4 nitrogen and oxygen atoms in total. The summed E-state index contributed by atoms with van der Waals surface area (Å²) in [5.74, 6) is 0.645. The minimum Gasteiger partial charge on any atom is -0.484 e. The number of carbonyl (C=O) groups is 1. The molecule has 1 amide bonds. The fourth-order valence-electron chi connectivity index (χ4n) is 2.81. The summed E-state index contributed by atoms with van der Waals surface area (Å²) in [6.45, 7) is 7.53. The van der Waals surface area contributed by atoms with E-state index in [1.165, 1.54) is 5.56 Å². The predicted molar refractivity (Wildman–Crippen MR) is 113 cm³/mol. The Bertz CT molecular complexity index is 869. The number of amides is 1. The summed E-state index contributed by atoms with van der Waals surface area (Å²) < 4.78 is 5.76. The second kappa shape index (κ2) is 9.02. The zero-order valence-electron chi connectivity index (χ0n) is 16.6. The summed E-state index contributed by atoms with van der Waals surface area (Å²) in [5.41, 5.74) is 3.30. The van der Waals surface area contributed by atoms with Crippen molar-refractivity contribution in [3.05, 3.63) is 82.3 Å². The maximum atomic E-state index is 12.8. The van der Waals surface area contributed by atoms with Crippen LogP contribution in [0.15, 0.2) is 65.5 Å². The second-order valence-corrected chi connectivity index (χ2v) is 8.55. The van der Waals surface area contributed by atoms with Crippen LogP contribution in [0.3, 0.4) is 0 Å². The molecule has 1 aromatic carbocycles. The maximum absolute atomic E-state index is 12.8. The zero-order chi connectivity index (χ0) is 20.0. The van der Waals surface area contributed by atoms with Gasteiger partial charge in [0.05, 0.1) is 12.2 Å². The van der Waals surface area contributed by atoms with Gasteiger partial charge >= 0.3 is 0 Å². The lowest BCUT2D eigenvalue weighted by atomic mass is 9.87. The topological polar surface area (TPSA) is 42.4 Å². The van der Waals surface area contributed by atoms with Crippen LogP contribution >= 0.6 is 11.3 Å². The Kier molecular flexibility index (Phi) is 6.47. The van der Waals surface area contributed by atoms with Crippen LogP contribution in [0.25, 0.3) is 0 Å². The molecule has 0 aliphatic heterocycles. The van der Waals surface area contributed by atoms with Crippen molar-refractivity contribution >= 4 is 17.2 Å². The van der Waals surface area contributed by atoms with Crippen molar-refractivity contribution < 1.29 is 9.53 Å². The molecular weight excluding hydrogens is 368 g/mol. The molecule has 0 unspecified atom stereocenters. The summed E-state index contributed by atoms with van der Waals surface area (Å²) in [6, 6.07) is 15.7. The summed E-state index contributed by atoms with van der Waals surface area (Å²) >= 11 is 1.63. The summed E-state index contributed by atoms with van der Waals surface area (Å²) in [4.78, 5) is 19.0. The van der Waals surface area contributed by atoms with Crippen molar-refractivity contribution in [1.82, 2.24) is 9.88 Å². The van der Waals surface area contributed by atoms with Crippen LogP contribution < -0.4 is 4.74 Å². The number of ether oxygens (including phenoxy) is 1. The predicted octanol–water partition coefficient (Wildman–Crippen LogP) is 5.05. The highest BCUT2D eigenvalue weighted by Crippen LogP contribution is 2.24. The number of carbonyl (C=O) groups excluding carboxylic acids is 1. The molecule has 0 radical (unpaired) electrons. The molecule has 0 N–H and O–H groups in total. The Morgan fingerprint density at radius 2 is 1.86 bits per heavy atom. The molecule has 2 heterocycles. The van der Waals surface area contributed by atoms with Crippen LogP contribution in [-0.4, -0.2) is 22.4 Å². The van der Waals surface area contributed by atoms with Crippen molar-refractivity contribution in [2.75, 3.05) is 6.61 Å². The normalized spacial score (nSPS) is 11.2. The van der Waals surface area contributed by atoms with Crippen molar-refractivity contribution in [2.45, 2.75) is 39.3 Å². The second-order valence-electron chi connectivity index (χ2n) is 7.77. The van der Waals surface area contributed by atoms with Gasteiger partial charge in [-0.05, 0) is 57.6 Å². The number of hydrogen-bond donors (Lipinski definition) is 0. The van der Waals surface area contributed by atoms with E-state index in [0.29, 0.717) is 18.8 Å². The maximum Gasteiger partial charge on any atom is 0.261 e.